The number of thioether (sulfide) groups is 1. The van der Waals surface area contributed by atoms with Gasteiger partial charge in [0.15, 0.2) is 0 Å². The number of carbonyl (C=O) groups is 1. The van der Waals surface area contributed by atoms with Gasteiger partial charge in [-0.15, -0.1) is 0 Å². The zero-order valence-corrected chi connectivity index (χ0v) is 13.7. The summed E-state index contributed by atoms with van der Waals surface area (Å²) in [6, 6.07) is 12.2. The third kappa shape index (κ3) is 3.45. The van der Waals surface area contributed by atoms with E-state index in [0.29, 0.717) is 30.1 Å². The number of amides is 1. The number of thiocarbonyl (C=S) groups is 1. The maximum Gasteiger partial charge on any atom is 0.228 e. The highest BCUT2D eigenvalue weighted by Crippen LogP contribution is 2.33. The molecule has 1 unspecified atom stereocenters. The van der Waals surface area contributed by atoms with E-state index in [9.17, 15) is 10.1 Å². The molecule has 0 bridgehead atoms. The molecule has 1 fully saturated rings. The summed E-state index contributed by atoms with van der Waals surface area (Å²) >= 11 is 6.72. The Bertz CT molecular complexity index is 567. The summed E-state index contributed by atoms with van der Waals surface area (Å²) in [4.78, 5) is 14.0. The molecular weight excluding hydrogens is 300 g/mol. The molecule has 1 atom stereocenters. The molecule has 21 heavy (non-hydrogen) atoms. The predicted molar refractivity (Wildman–Crippen MR) is 90.0 cm³/mol. The van der Waals surface area contributed by atoms with Crippen LogP contribution in [-0.4, -0.2) is 27.4 Å². The smallest absolute Gasteiger partial charge is 0.228 e. The third-order valence-corrected chi connectivity index (χ3v) is 5.40. The van der Waals surface area contributed by atoms with Gasteiger partial charge in [-0.2, -0.15) is 5.26 Å². The lowest BCUT2D eigenvalue weighted by atomic mass is 9.76. The molecule has 1 heterocycles. The van der Waals surface area contributed by atoms with Gasteiger partial charge in [-0.05, 0) is 18.4 Å². The standard InChI is InChI=1S/C16H18N2OS2/c1-2-16(12-17,13-6-4-3-5-7-13)9-8-14(19)18-10-11-21-15(18)20/h3-7H,2,8-11H2,1H3. The van der Waals surface area contributed by atoms with Crippen LogP contribution in [0, 0.1) is 11.3 Å². The van der Waals surface area contributed by atoms with E-state index in [1.807, 2.05) is 37.3 Å². The SMILES string of the molecule is CCC(C#N)(CCC(=O)N1CCSC1=S)c1ccccc1. The van der Waals surface area contributed by atoms with Gasteiger partial charge >= 0.3 is 0 Å². The van der Waals surface area contributed by atoms with Crippen molar-refractivity contribution < 1.29 is 4.79 Å². The van der Waals surface area contributed by atoms with Crippen molar-refractivity contribution >= 4 is 34.2 Å². The Balaban J connectivity index is 2.09. The molecule has 5 heteroatoms. The van der Waals surface area contributed by atoms with Crippen LogP contribution >= 0.6 is 24.0 Å². The van der Waals surface area contributed by atoms with Gasteiger partial charge in [0.1, 0.15) is 4.32 Å². The molecule has 1 aromatic rings. The Labute approximate surface area is 135 Å². The van der Waals surface area contributed by atoms with Gasteiger partial charge in [-0.3, -0.25) is 9.69 Å². The molecule has 1 saturated heterocycles. The summed E-state index contributed by atoms with van der Waals surface area (Å²) in [5, 5.41) is 9.66. The molecule has 2 rings (SSSR count). The molecule has 0 aliphatic carbocycles. The minimum absolute atomic E-state index is 0.0361. The van der Waals surface area contributed by atoms with Gasteiger partial charge < -0.3 is 0 Å². The minimum Gasteiger partial charge on any atom is -0.297 e. The third-order valence-electron chi connectivity index (χ3n) is 3.97. The summed E-state index contributed by atoms with van der Waals surface area (Å²) in [6.07, 6.45) is 1.59. The van der Waals surface area contributed by atoms with E-state index in [4.69, 9.17) is 12.2 Å². The molecule has 3 nitrogen and oxygen atoms in total. The van der Waals surface area contributed by atoms with E-state index >= 15 is 0 Å². The molecule has 0 saturated carbocycles. The summed E-state index contributed by atoms with van der Waals surface area (Å²) in [6.45, 7) is 2.69. The fourth-order valence-electron chi connectivity index (χ4n) is 2.56. The lowest BCUT2D eigenvalue weighted by molar-refractivity contribution is -0.127. The highest BCUT2D eigenvalue weighted by Gasteiger charge is 2.32. The number of hydrogen-bond donors (Lipinski definition) is 0. The number of benzene rings is 1. The quantitative estimate of drug-likeness (QED) is 0.780. The second-order valence-corrected chi connectivity index (χ2v) is 6.80. The minimum atomic E-state index is -0.592. The molecule has 1 aromatic carbocycles. The Morgan fingerprint density at radius 3 is 2.71 bits per heavy atom. The lowest BCUT2D eigenvalue weighted by Crippen LogP contribution is -2.33. The van der Waals surface area contributed by atoms with Crippen LogP contribution in [0.1, 0.15) is 31.7 Å². The van der Waals surface area contributed by atoms with Crippen LogP contribution in [0.2, 0.25) is 0 Å². The monoisotopic (exact) mass is 318 g/mol. The van der Waals surface area contributed by atoms with Crippen molar-refractivity contribution in [1.82, 2.24) is 4.90 Å². The Hall–Kier alpha value is -1.38. The van der Waals surface area contributed by atoms with Crippen molar-refractivity contribution in [3.8, 4) is 6.07 Å². The van der Waals surface area contributed by atoms with E-state index in [1.165, 1.54) is 0 Å². The van der Waals surface area contributed by atoms with Crippen molar-refractivity contribution in [1.29, 1.82) is 5.26 Å². The van der Waals surface area contributed by atoms with E-state index < -0.39 is 5.41 Å². The molecule has 0 N–H and O–H groups in total. The van der Waals surface area contributed by atoms with Gasteiger partial charge in [-0.1, -0.05) is 61.2 Å². The second kappa shape index (κ2) is 7.06. The zero-order chi connectivity index (χ0) is 15.3. The topological polar surface area (TPSA) is 44.1 Å². The van der Waals surface area contributed by atoms with Gasteiger partial charge in [0.2, 0.25) is 5.91 Å². The molecule has 0 radical (unpaired) electrons. The van der Waals surface area contributed by atoms with E-state index in [2.05, 4.69) is 6.07 Å². The highest BCUT2D eigenvalue weighted by atomic mass is 32.2. The van der Waals surface area contributed by atoms with E-state index in [0.717, 1.165) is 11.3 Å². The van der Waals surface area contributed by atoms with Crippen molar-refractivity contribution in [2.75, 3.05) is 12.3 Å². The van der Waals surface area contributed by atoms with Crippen molar-refractivity contribution in [2.45, 2.75) is 31.6 Å². The number of hydrogen-bond acceptors (Lipinski definition) is 4. The van der Waals surface area contributed by atoms with Gasteiger partial charge in [0.05, 0.1) is 11.5 Å². The average Bonchev–Trinajstić information content (AvgIpc) is 2.96. The normalized spacial score (nSPS) is 17.3. The first-order chi connectivity index (χ1) is 10.1. The van der Waals surface area contributed by atoms with Crippen LogP contribution in [0.3, 0.4) is 0 Å². The van der Waals surface area contributed by atoms with Gasteiger partial charge in [0.25, 0.3) is 0 Å². The first-order valence-electron chi connectivity index (χ1n) is 7.07. The van der Waals surface area contributed by atoms with Gasteiger partial charge in [-0.25, -0.2) is 0 Å². The molecular formula is C16H18N2OS2. The molecule has 110 valence electrons. The first kappa shape index (κ1) is 16.0. The lowest BCUT2D eigenvalue weighted by Gasteiger charge is -2.26. The number of carbonyl (C=O) groups excluding carboxylic acids is 1. The Morgan fingerprint density at radius 2 is 2.19 bits per heavy atom. The highest BCUT2D eigenvalue weighted by molar-refractivity contribution is 8.23. The van der Waals surface area contributed by atoms with E-state index in [-0.39, 0.29) is 5.91 Å². The summed E-state index contributed by atoms with van der Waals surface area (Å²) in [5.41, 5.74) is 0.395. The Morgan fingerprint density at radius 1 is 1.48 bits per heavy atom. The molecule has 1 aliphatic heterocycles. The fraction of sp³-hybridized carbons (Fsp3) is 0.438. The summed E-state index contributed by atoms with van der Waals surface area (Å²) in [5.74, 6) is 0.912. The molecule has 0 aromatic heterocycles. The fourth-order valence-corrected chi connectivity index (χ4v) is 3.80. The maximum atomic E-state index is 12.3. The zero-order valence-electron chi connectivity index (χ0n) is 12.0. The maximum absolute atomic E-state index is 12.3. The molecule has 1 amide bonds. The molecule has 0 spiro atoms. The summed E-state index contributed by atoms with van der Waals surface area (Å²) < 4.78 is 0.666. The Kier molecular flexibility index (Phi) is 5.38. The van der Waals surface area contributed by atoms with Crippen molar-refractivity contribution in [3.63, 3.8) is 0 Å². The number of nitriles is 1. The molecule has 1 aliphatic rings. The second-order valence-electron chi connectivity index (χ2n) is 5.07. The van der Waals surface area contributed by atoms with Crippen LogP contribution in [-0.2, 0) is 10.2 Å². The number of nitrogens with zero attached hydrogens (tertiary/aromatic N) is 2. The number of rotatable bonds is 5. The van der Waals surface area contributed by atoms with Crippen LogP contribution in [0.25, 0.3) is 0 Å². The van der Waals surface area contributed by atoms with Gasteiger partial charge in [0, 0.05) is 18.7 Å². The predicted octanol–water partition coefficient (Wildman–Crippen LogP) is 3.50. The van der Waals surface area contributed by atoms with E-state index in [1.54, 1.807) is 16.7 Å². The van der Waals surface area contributed by atoms with Crippen LogP contribution in [0.5, 0.6) is 0 Å². The largest absolute Gasteiger partial charge is 0.297 e. The van der Waals surface area contributed by atoms with Crippen LogP contribution in [0.4, 0.5) is 0 Å². The first-order valence-corrected chi connectivity index (χ1v) is 8.46. The average molecular weight is 318 g/mol. The van der Waals surface area contributed by atoms with Crippen molar-refractivity contribution in [3.05, 3.63) is 35.9 Å². The van der Waals surface area contributed by atoms with Crippen molar-refractivity contribution in [2.24, 2.45) is 0 Å². The summed E-state index contributed by atoms with van der Waals surface area (Å²) in [7, 11) is 0. The van der Waals surface area contributed by atoms with Crippen LogP contribution in [0.15, 0.2) is 30.3 Å². The van der Waals surface area contributed by atoms with Crippen LogP contribution < -0.4 is 0 Å².